The minimum absolute atomic E-state index is 0.0101. The lowest BCUT2D eigenvalue weighted by atomic mass is 10.00. The first-order valence-corrected chi connectivity index (χ1v) is 7.63. The van der Waals surface area contributed by atoms with Gasteiger partial charge in [-0.05, 0) is 36.5 Å². The number of methoxy groups -OCH3 is 1. The highest BCUT2D eigenvalue weighted by Gasteiger charge is 2.20. The van der Waals surface area contributed by atoms with Crippen LogP contribution in [0.1, 0.15) is 51.7 Å². The normalized spacial score (nSPS) is 15.7. The van der Waals surface area contributed by atoms with Gasteiger partial charge in [-0.1, -0.05) is 39.3 Å². The van der Waals surface area contributed by atoms with Crippen LogP contribution >= 0.6 is 0 Å². The molecule has 0 aromatic heterocycles. The van der Waals surface area contributed by atoms with Crippen molar-refractivity contribution in [2.75, 3.05) is 13.7 Å². The van der Waals surface area contributed by atoms with Crippen LogP contribution < -0.4 is 10.5 Å². The van der Waals surface area contributed by atoms with Crippen LogP contribution in [0.5, 0.6) is 5.75 Å². The Morgan fingerprint density at radius 1 is 1.25 bits per heavy atom. The van der Waals surface area contributed by atoms with E-state index in [0.717, 1.165) is 24.3 Å². The number of benzene rings is 1. The van der Waals surface area contributed by atoms with Gasteiger partial charge in [0.15, 0.2) is 0 Å². The summed E-state index contributed by atoms with van der Waals surface area (Å²) in [7, 11) is 1.68. The maximum Gasteiger partial charge on any atom is 0.119 e. The summed E-state index contributed by atoms with van der Waals surface area (Å²) in [5, 5.41) is 0. The molecule has 3 heteroatoms. The molecule has 0 saturated heterocycles. The van der Waals surface area contributed by atoms with Gasteiger partial charge in [0.25, 0.3) is 0 Å². The Bertz CT molecular complexity index is 381. The third-order valence-electron chi connectivity index (χ3n) is 3.62. The van der Waals surface area contributed by atoms with Gasteiger partial charge in [0.2, 0.25) is 0 Å². The molecule has 1 aromatic carbocycles. The Morgan fingerprint density at radius 2 is 2.00 bits per heavy atom. The number of hydrogen-bond donors (Lipinski definition) is 1. The highest BCUT2D eigenvalue weighted by molar-refractivity contribution is 5.30. The van der Waals surface area contributed by atoms with Crippen molar-refractivity contribution in [3.05, 3.63) is 29.8 Å². The van der Waals surface area contributed by atoms with E-state index >= 15 is 0 Å². The average molecular weight is 279 g/mol. The third kappa shape index (κ3) is 5.14. The molecule has 0 aliphatic rings. The Kier molecular flexibility index (Phi) is 7.63. The largest absolute Gasteiger partial charge is 0.497 e. The lowest BCUT2D eigenvalue weighted by Crippen LogP contribution is -2.30. The molecule has 20 heavy (non-hydrogen) atoms. The van der Waals surface area contributed by atoms with E-state index in [-0.39, 0.29) is 12.1 Å². The first-order valence-electron chi connectivity index (χ1n) is 7.63. The van der Waals surface area contributed by atoms with Crippen LogP contribution in [-0.2, 0) is 4.74 Å². The first-order chi connectivity index (χ1) is 9.62. The molecule has 0 saturated carbocycles. The zero-order valence-corrected chi connectivity index (χ0v) is 13.3. The van der Waals surface area contributed by atoms with Crippen molar-refractivity contribution in [3.63, 3.8) is 0 Å². The van der Waals surface area contributed by atoms with Gasteiger partial charge in [0.05, 0.1) is 19.8 Å². The lowest BCUT2D eigenvalue weighted by molar-refractivity contribution is 0.0130. The molecule has 114 valence electrons. The first kappa shape index (κ1) is 17.0. The molecule has 0 amide bonds. The summed E-state index contributed by atoms with van der Waals surface area (Å²) < 4.78 is 11.4. The van der Waals surface area contributed by atoms with E-state index in [0.29, 0.717) is 5.92 Å². The number of rotatable bonds is 9. The van der Waals surface area contributed by atoms with E-state index in [1.165, 1.54) is 12.8 Å². The zero-order valence-electron chi connectivity index (χ0n) is 13.3. The predicted octanol–water partition coefficient (Wildman–Crippen LogP) is 3.93. The molecular formula is C17H29NO2. The van der Waals surface area contributed by atoms with Crippen LogP contribution in [-0.4, -0.2) is 19.8 Å². The molecule has 3 unspecified atom stereocenters. The van der Waals surface area contributed by atoms with Gasteiger partial charge >= 0.3 is 0 Å². The molecular weight excluding hydrogens is 250 g/mol. The van der Waals surface area contributed by atoms with Gasteiger partial charge in [-0.15, -0.1) is 0 Å². The molecule has 2 N–H and O–H groups in total. The highest BCUT2D eigenvalue weighted by Crippen LogP contribution is 2.26. The molecule has 1 rings (SSSR count). The number of nitrogens with two attached hydrogens (primary N) is 1. The van der Waals surface area contributed by atoms with E-state index in [1.807, 2.05) is 18.2 Å². The summed E-state index contributed by atoms with van der Waals surface area (Å²) in [6.07, 6.45) is 3.21. The van der Waals surface area contributed by atoms with Crippen molar-refractivity contribution in [2.45, 2.75) is 52.2 Å². The van der Waals surface area contributed by atoms with E-state index in [2.05, 4.69) is 26.8 Å². The topological polar surface area (TPSA) is 44.5 Å². The van der Waals surface area contributed by atoms with E-state index in [9.17, 15) is 0 Å². The quantitative estimate of drug-likeness (QED) is 0.745. The Labute approximate surface area is 123 Å². The van der Waals surface area contributed by atoms with Crippen LogP contribution in [0, 0.1) is 5.92 Å². The second-order valence-electron chi connectivity index (χ2n) is 5.50. The molecule has 0 bridgehead atoms. The average Bonchev–Trinajstić information content (AvgIpc) is 2.47. The fraction of sp³-hybridized carbons (Fsp3) is 0.647. The van der Waals surface area contributed by atoms with Crippen molar-refractivity contribution in [2.24, 2.45) is 11.7 Å². The number of ether oxygens (including phenoxy) is 2. The fourth-order valence-electron chi connectivity index (χ4n) is 2.34. The van der Waals surface area contributed by atoms with Crippen LogP contribution in [0.15, 0.2) is 24.3 Å². The van der Waals surface area contributed by atoms with Gasteiger partial charge in [-0.2, -0.15) is 0 Å². The molecule has 0 fully saturated rings. The van der Waals surface area contributed by atoms with Crippen LogP contribution in [0.4, 0.5) is 0 Å². The van der Waals surface area contributed by atoms with Gasteiger partial charge in [-0.3, -0.25) is 0 Å². The number of hydrogen-bond acceptors (Lipinski definition) is 3. The van der Waals surface area contributed by atoms with Crippen molar-refractivity contribution in [1.29, 1.82) is 0 Å². The molecule has 0 radical (unpaired) electrons. The van der Waals surface area contributed by atoms with Crippen LogP contribution in [0.25, 0.3) is 0 Å². The minimum atomic E-state index is -0.0607. The molecule has 3 atom stereocenters. The Balaban J connectivity index is 2.77. The van der Waals surface area contributed by atoms with Gasteiger partial charge in [-0.25, -0.2) is 0 Å². The summed E-state index contributed by atoms with van der Waals surface area (Å²) >= 11 is 0. The molecule has 0 heterocycles. The molecule has 0 spiro atoms. The van der Waals surface area contributed by atoms with Crippen LogP contribution in [0.3, 0.4) is 0 Å². The summed E-state index contributed by atoms with van der Waals surface area (Å²) in [5.41, 5.74) is 7.33. The van der Waals surface area contributed by atoms with Gasteiger partial charge in [0.1, 0.15) is 5.75 Å². The van der Waals surface area contributed by atoms with Gasteiger partial charge in [0, 0.05) is 6.04 Å². The second kappa shape index (κ2) is 8.98. The SMILES string of the molecule is CCCC(C)COC(c1cccc(OC)c1)C(N)CC. The van der Waals surface area contributed by atoms with Crippen molar-refractivity contribution < 1.29 is 9.47 Å². The highest BCUT2D eigenvalue weighted by atomic mass is 16.5. The van der Waals surface area contributed by atoms with E-state index in [4.69, 9.17) is 15.2 Å². The zero-order chi connectivity index (χ0) is 15.0. The van der Waals surface area contributed by atoms with Crippen molar-refractivity contribution in [3.8, 4) is 5.75 Å². The summed E-state index contributed by atoms with van der Waals surface area (Å²) in [6.45, 7) is 7.28. The Hall–Kier alpha value is -1.06. The molecule has 0 aliphatic heterocycles. The fourth-order valence-corrected chi connectivity index (χ4v) is 2.34. The maximum atomic E-state index is 6.24. The third-order valence-corrected chi connectivity index (χ3v) is 3.62. The van der Waals surface area contributed by atoms with E-state index in [1.54, 1.807) is 7.11 Å². The predicted molar refractivity (Wildman–Crippen MR) is 84.0 cm³/mol. The summed E-state index contributed by atoms with van der Waals surface area (Å²) in [4.78, 5) is 0. The maximum absolute atomic E-state index is 6.24. The molecule has 0 aliphatic carbocycles. The lowest BCUT2D eigenvalue weighted by Gasteiger charge is -2.25. The molecule has 3 nitrogen and oxygen atoms in total. The second-order valence-corrected chi connectivity index (χ2v) is 5.50. The monoisotopic (exact) mass is 279 g/mol. The summed E-state index contributed by atoms with van der Waals surface area (Å²) in [6, 6.07) is 8.02. The van der Waals surface area contributed by atoms with Gasteiger partial charge < -0.3 is 15.2 Å². The van der Waals surface area contributed by atoms with Crippen molar-refractivity contribution >= 4 is 0 Å². The molecule has 1 aromatic rings. The standard InChI is InChI=1S/C17H29NO2/c1-5-8-13(3)12-20-17(16(18)6-2)14-9-7-10-15(11-14)19-4/h7,9-11,13,16-17H,5-6,8,12,18H2,1-4H3. The minimum Gasteiger partial charge on any atom is -0.497 e. The summed E-state index contributed by atoms with van der Waals surface area (Å²) in [5.74, 6) is 1.41. The Morgan fingerprint density at radius 3 is 2.60 bits per heavy atom. The smallest absolute Gasteiger partial charge is 0.119 e. The van der Waals surface area contributed by atoms with Crippen LogP contribution in [0.2, 0.25) is 0 Å². The van der Waals surface area contributed by atoms with E-state index < -0.39 is 0 Å². The van der Waals surface area contributed by atoms with Crippen molar-refractivity contribution in [1.82, 2.24) is 0 Å².